The number of hydrogen-bond acceptors (Lipinski definition) is 6. The van der Waals surface area contributed by atoms with Gasteiger partial charge in [0.25, 0.3) is 0 Å². The maximum atomic E-state index is 13.1. The third kappa shape index (κ3) is 3.31. The first kappa shape index (κ1) is 19.2. The molecule has 3 aromatic rings. The quantitative estimate of drug-likeness (QED) is 0.628. The topological polar surface area (TPSA) is 106 Å². The summed E-state index contributed by atoms with van der Waals surface area (Å²) in [5, 5.41) is 17.0. The Hall–Kier alpha value is -3.75. The standard InChI is InChI=1S/C22H19FN4O4/c23-14-1-3-15(4-2-14)27-12-18(28)19(26-27)25-20(29)13-5-8-22(9-6-13)17-11-24-10-7-16(17)21(30)31-22/h1-4,7,10-13,28H,5-6,8-9H2,(H,25,26,29). The predicted octanol–water partition coefficient (Wildman–Crippen LogP) is 3.31. The fourth-order valence-electron chi connectivity index (χ4n) is 4.34. The molecule has 1 fully saturated rings. The van der Waals surface area contributed by atoms with Crippen LogP contribution in [0.3, 0.4) is 0 Å². The summed E-state index contributed by atoms with van der Waals surface area (Å²) < 4.78 is 20.2. The number of aromatic nitrogens is 3. The number of halogens is 1. The second-order valence-electron chi connectivity index (χ2n) is 7.85. The van der Waals surface area contributed by atoms with Crippen LogP contribution in [0.2, 0.25) is 0 Å². The van der Waals surface area contributed by atoms with Crippen molar-refractivity contribution in [3.8, 4) is 11.4 Å². The van der Waals surface area contributed by atoms with Crippen LogP contribution in [0.1, 0.15) is 41.6 Å². The van der Waals surface area contributed by atoms with Gasteiger partial charge in [0.05, 0.1) is 17.4 Å². The van der Waals surface area contributed by atoms with Crippen molar-refractivity contribution in [1.82, 2.24) is 14.8 Å². The van der Waals surface area contributed by atoms with Crippen molar-refractivity contribution in [2.45, 2.75) is 31.3 Å². The molecular weight excluding hydrogens is 403 g/mol. The molecular formula is C22H19FN4O4. The molecule has 1 spiro atoms. The molecule has 0 atom stereocenters. The van der Waals surface area contributed by atoms with Gasteiger partial charge in [-0.3, -0.25) is 9.78 Å². The zero-order valence-corrected chi connectivity index (χ0v) is 16.4. The smallest absolute Gasteiger partial charge is 0.339 e. The summed E-state index contributed by atoms with van der Waals surface area (Å²) in [5.74, 6) is -1.44. The van der Waals surface area contributed by atoms with Gasteiger partial charge in [0.2, 0.25) is 5.91 Å². The van der Waals surface area contributed by atoms with Crippen LogP contribution in [0.15, 0.2) is 48.9 Å². The van der Waals surface area contributed by atoms with Crippen molar-refractivity contribution in [1.29, 1.82) is 0 Å². The summed E-state index contributed by atoms with van der Waals surface area (Å²) in [6.07, 6.45) is 6.66. The van der Waals surface area contributed by atoms with E-state index >= 15 is 0 Å². The van der Waals surface area contributed by atoms with E-state index in [2.05, 4.69) is 15.4 Å². The van der Waals surface area contributed by atoms with Gasteiger partial charge < -0.3 is 15.2 Å². The molecule has 1 aliphatic carbocycles. The van der Waals surface area contributed by atoms with E-state index in [1.54, 1.807) is 18.5 Å². The van der Waals surface area contributed by atoms with Crippen LogP contribution >= 0.6 is 0 Å². The Bertz CT molecular complexity index is 1170. The maximum absolute atomic E-state index is 13.1. The molecule has 1 aliphatic heterocycles. The van der Waals surface area contributed by atoms with Gasteiger partial charge in [-0.25, -0.2) is 13.9 Å². The van der Waals surface area contributed by atoms with Gasteiger partial charge in [-0.2, -0.15) is 0 Å². The molecule has 31 heavy (non-hydrogen) atoms. The highest BCUT2D eigenvalue weighted by Gasteiger charge is 2.48. The molecule has 1 amide bonds. The van der Waals surface area contributed by atoms with Crippen molar-refractivity contribution in [2.24, 2.45) is 5.92 Å². The summed E-state index contributed by atoms with van der Waals surface area (Å²) in [4.78, 5) is 29.1. The molecule has 9 heteroatoms. The average Bonchev–Trinajstić information content (AvgIpc) is 3.27. The SMILES string of the molecule is O=C1OC2(CCC(C(=O)Nc3nn(-c4ccc(F)cc4)cc3O)CC2)c2cnccc21. The number of aromatic hydroxyl groups is 1. The first-order valence-electron chi connectivity index (χ1n) is 9.98. The molecule has 5 rings (SSSR count). The predicted molar refractivity (Wildman–Crippen MR) is 107 cm³/mol. The van der Waals surface area contributed by atoms with Crippen molar-refractivity contribution >= 4 is 17.7 Å². The van der Waals surface area contributed by atoms with Crippen LogP contribution in [-0.4, -0.2) is 31.7 Å². The molecule has 158 valence electrons. The van der Waals surface area contributed by atoms with Crippen molar-refractivity contribution in [2.75, 3.05) is 5.32 Å². The Morgan fingerprint density at radius 2 is 1.97 bits per heavy atom. The van der Waals surface area contributed by atoms with Crippen LogP contribution in [0, 0.1) is 11.7 Å². The zero-order chi connectivity index (χ0) is 21.6. The number of rotatable bonds is 3. The summed E-state index contributed by atoms with van der Waals surface area (Å²) in [5.41, 5.74) is 1.15. The van der Waals surface area contributed by atoms with E-state index in [1.807, 2.05) is 0 Å². The lowest BCUT2D eigenvalue weighted by atomic mass is 9.75. The largest absolute Gasteiger partial charge is 0.503 e. The van der Waals surface area contributed by atoms with Crippen LogP contribution in [0.25, 0.3) is 5.69 Å². The average molecular weight is 422 g/mol. The Morgan fingerprint density at radius 1 is 1.23 bits per heavy atom. The third-order valence-electron chi connectivity index (χ3n) is 6.01. The number of ether oxygens (including phenoxy) is 1. The number of carbonyl (C=O) groups excluding carboxylic acids is 2. The Labute approximate surface area is 176 Å². The lowest BCUT2D eigenvalue weighted by molar-refractivity contribution is -0.122. The molecule has 2 N–H and O–H groups in total. The summed E-state index contributed by atoms with van der Waals surface area (Å²) in [6, 6.07) is 7.26. The lowest BCUT2D eigenvalue weighted by Gasteiger charge is -2.35. The third-order valence-corrected chi connectivity index (χ3v) is 6.01. The normalized spacial score (nSPS) is 22.2. The molecule has 0 unspecified atom stereocenters. The zero-order valence-electron chi connectivity index (χ0n) is 16.4. The van der Waals surface area contributed by atoms with Gasteiger partial charge in [-0.05, 0) is 56.0 Å². The number of amides is 1. The van der Waals surface area contributed by atoms with E-state index in [4.69, 9.17) is 4.74 Å². The molecule has 0 saturated heterocycles. The lowest BCUT2D eigenvalue weighted by Crippen LogP contribution is -2.36. The van der Waals surface area contributed by atoms with Gasteiger partial charge in [0.15, 0.2) is 11.6 Å². The van der Waals surface area contributed by atoms with Crippen molar-refractivity contribution in [3.63, 3.8) is 0 Å². The van der Waals surface area contributed by atoms with Crippen molar-refractivity contribution in [3.05, 3.63) is 65.9 Å². The molecule has 0 bridgehead atoms. The van der Waals surface area contributed by atoms with Crippen LogP contribution in [0.4, 0.5) is 10.2 Å². The Balaban J connectivity index is 1.27. The van der Waals surface area contributed by atoms with Crippen LogP contribution in [0.5, 0.6) is 5.75 Å². The van der Waals surface area contributed by atoms with E-state index in [9.17, 15) is 19.1 Å². The number of carbonyl (C=O) groups is 2. The van der Waals surface area contributed by atoms with Gasteiger partial charge >= 0.3 is 5.97 Å². The second kappa shape index (κ2) is 7.19. The summed E-state index contributed by atoms with van der Waals surface area (Å²) in [6.45, 7) is 0. The highest BCUT2D eigenvalue weighted by atomic mass is 19.1. The molecule has 2 aromatic heterocycles. The minimum absolute atomic E-state index is 0.0384. The highest BCUT2D eigenvalue weighted by Crippen LogP contribution is 2.48. The first-order valence-corrected chi connectivity index (χ1v) is 9.98. The number of hydrogen-bond donors (Lipinski definition) is 2. The number of fused-ring (bicyclic) bond motifs is 2. The van der Waals surface area contributed by atoms with Crippen LogP contribution < -0.4 is 5.32 Å². The van der Waals surface area contributed by atoms with E-state index in [-0.39, 0.29) is 35.2 Å². The highest BCUT2D eigenvalue weighted by molar-refractivity contribution is 5.95. The van der Waals surface area contributed by atoms with Gasteiger partial charge in [-0.1, -0.05) is 0 Å². The molecule has 8 nitrogen and oxygen atoms in total. The van der Waals surface area contributed by atoms with E-state index in [0.29, 0.717) is 36.9 Å². The summed E-state index contributed by atoms with van der Waals surface area (Å²) in [7, 11) is 0. The van der Waals surface area contributed by atoms with Crippen LogP contribution in [-0.2, 0) is 15.1 Å². The minimum atomic E-state index is -0.718. The number of nitrogens with zero attached hydrogens (tertiary/aromatic N) is 3. The van der Waals surface area contributed by atoms with E-state index < -0.39 is 5.60 Å². The second-order valence-corrected chi connectivity index (χ2v) is 7.85. The van der Waals surface area contributed by atoms with E-state index in [1.165, 1.54) is 35.1 Å². The molecule has 2 aliphatic rings. The fraction of sp³-hybridized carbons (Fsp3) is 0.273. The minimum Gasteiger partial charge on any atom is -0.503 e. The Morgan fingerprint density at radius 3 is 2.71 bits per heavy atom. The number of pyridine rings is 1. The number of nitrogens with one attached hydrogen (secondary N) is 1. The summed E-state index contributed by atoms with van der Waals surface area (Å²) >= 11 is 0. The monoisotopic (exact) mass is 422 g/mol. The van der Waals surface area contributed by atoms with Gasteiger partial charge in [0.1, 0.15) is 11.4 Å². The van der Waals surface area contributed by atoms with Crippen molar-refractivity contribution < 1.29 is 23.8 Å². The first-order chi connectivity index (χ1) is 14.9. The number of anilines is 1. The van der Waals surface area contributed by atoms with E-state index in [0.717, 1.165) is 5.56 Å². The van der Waals surface area contributed by atoms with Gasteiger partial charge in [0, 0.05) is 23.9 Å². The number of benzene rings is 1. The Kier molecular flexibility index (Phi) is 4.46. The number of esters is 1. The molecule has 0 radical (unpaired) electrons. The molecule has 1 saturated carbocycles. The maximum Gasteiger partial charge on any atom is 0.339 e. The fourth-order valence-corrected chi connectivity index (χ4v) is 4.34. The van der Waals surface area contributed by atoms with Gasteiger partial charge in [-0.15, -0.1) is 5.10 Å². The molecule has 3 heterocycles. The molecule has 1 aromatic carbocycles.